The Morgan fingerprint density at radius 2 is 1.72 bits per heavy atom. The number of ether oxygens (including phenoxy) is 1. The number of carbonyl (C=O) groups is 2. The molecule has 1 aliphatic heterocycles. The quantitative estimate of drug-likeness (QED) is 0.679. The molecule has 0 aliphatic carbocycles. The van der Waals surface area contributed by atoms with Gasteiger partial charge in [-0.25, -0.2) is 18.0 Å². The lowest BCUT2D eigenvalue weighted by Crippen LogP contribution is -2.49. The Hall–Kier alpha value is -3.27. The Kier molecular flexibility index (Phi) is 6.93. The molecule has 0 radical (unpaired) electrons. The van der Waals surface area contributed by atoms with Crippen LogP contribution in [0.5, 0.6) is 0 Å². The molecule has 32 heavy (non-hydrogen) atoms. The molecular weight excluding hydrogens is 434 g/mol. The van der Waals surface area contributed by atoms with Gasteiger partial charge in [0, 0.05) is 31.9 Å². The maximum absolute atomic E-state index is 12.8. The van der Waals surface area contributed by atoms with E-state index in [-0.39, 0.29) is 22.2 Å². The van der Waals surface area contributed by atoms with Gasteiger partial charge in [0.2, 0.25) is 0 Å². The molecule has 10 heteroatoms. The van der Waals surface area contributed by atoms with Gasteiger partial charge in [0.15, 0.2) is 0 Å². The van der Waals surface area contributed by atoms with E-state index in [1.807, 2.05) is 18.7 Å². The van der Waals surface area contributed by atoms with Crippen molar-refractivity contribution >= 4 is 33.5 Å². The SMILES string of the molecule is CCOC(=O)N1CCN(c2ccc(NS(=O)(=O)c3ccc(C)c(C)c3)cc2C(=O)O)CC1. The number of rotatable bonds is 6. The van der Waals surface area contributed by atoms with Crippen molar-refractivity contribution in [3.63, 3.8) is 0 Å². The van der Waals surface area contributed by atoms with E-state index in [2.05, 4.69) is 4.72 Å². The second-order valence-electron chi connectivity index (χ2n) is 7.56. The Balaban J connectivity index is 1.80. The number of aryl methyl sites for hydroxylation is 2. The number of nitrogens with zero attached hydrogens (tertiary/aromatic N) is 2. The van der Waals surface area contributed by atoms with E-state index in [4.69, 9.17) is 4.74 Å². The second-order valence-corrected chi connectivity index (χ2v) is 9.24. The van der Waals surface area contributed by atoms with E-state index in [1.54, 1.807) is 30.0 Å². The number of aromatic carboxylic acids is 1. The topological polar surface area (TPSA) is 116 Å². The van der Waals surface area contributed by atoms with E-state index in [0.717, 1.165) is 11.1 Å². The van der Waals surface area contributed by atoms with Gasteiger partial charge in [-0.15, -0.1) is 0 Å². The van der Waals surface area contributed by atoms with Crippen LogP contribution in [0.4, 0.5) is 16.2 Å². The van der Waals surface area contributed by atoms with Gasteiger partial charge in [-0.3, -0.25) is 4.72 Å². The van der Waals surface area contributed by atoms with Gasteiger partial charge in [-0.1, -0.05) is 6.07 Å². The zero-order valence-electron chi connectivity index (χ0n) is 18.3. The molecule has 1 amide bonds. The molecule has 9 nitrogen and oxygen atoms in total. The van der Waals surface area contributed by atoms with Crippen molar-refractivity contribution in [1.29, 1.82) is 0 Å². The molecule has 2 aromatic rings. The van der Waals surface area contributed by atoms with Crippen molar-refractivity contribution in [3.05, 3.63) is 53.1 Å². The zero-order chi connectivity index (χ0) is 23.5. The molecule has 0 aromatic heterocycles. The van der Waals surface area contributed by atoms with Crippen LogP contribution in [-0.2, 0) is 14.8 Å². The van der Waals surface area contributed by atoms with E-state index in [9.17, 15) is 23.1 Å². The van der Waals surface area contributed by atoms with Crippen molar-refractivity contribution in [3.8, 4) is 0 Å². The van der Waals surface area contributed by atoms with Crippen LogP contribution in [0.2, 0.25) is 0 Å². The number of carbonyl (C=O) groups excluding carboxylic acids is 1. The Bertz CT molecular complexity index is 1120. The molecule has 2 aromatic carbocycles. The largest absolute Gasteiger partial charge is 0.478 e. The Morgan fingerprint density at radius 1 is 1.03 bits per heavy atom. The summed E-state index contributed by atoms with van der Waals surface area (Å²) in [5, 5.41) is 9.72. The van der Waals surface area contributed by atoms with Crippen LogP contribution in [0.15, 0.2) is 41.3 Å². The van der Waals surface area contributed by atoms with Crippen LogP contribution >= 0.6 is 0 Å². The third-order valence-electron chi connectivity index (χ3n) is 5.41. The lowest BCUT2D eigenvalue weighted by molar-refractivity contribution is 0.0696. The van der Waals surface area contributed by atoms with E-state index >= 15 is 0 Å². The van der Waals surface area contributed by atoms with Crippen molar-refractivity contribution in [2.75, 3.05) is 42.4 Å². The predicted molar refractivity (Wildman–Crippen MR) is 121 cm³/mol. The molecular formula is C22H27N3O6S. The van der Waals surface area contributed by atoms with E-state index in [1.165, 1.54) is 18.2 Å². The summed E-state index contributed by atoms with van der Waals surface area (Å²) in [6, 6.07) is 9.26. The van der Waals surface area contributed by atoms with Gasteiger partial charge in [0.25, 0.3) is 10.0 Å². The Labute approximate surface area is 187 Å². The first kappa shape index (κ1) is 23.4. The highest BCUT2D eigenvalue weighted by Crippen LogP contribution is 2.27. The highest BCUT2D eigenvalue weighted by atomic mass is 32.2. The molecule has 1 saturated heterocycles. The number of carboxylic acids is 1. The second kappa shape index (κ2) is 9.47. The molecule has 0 atom stereocenters. The van der Waals surface area contributed by atoms with E-state index in [0.29, 0.717) is 38.5 Å². The summed E-state index contributed by atoms with van der Waals surface area (Å²) in [5.74, 6) is -1.17. The fourth-order valence-corrected chi connectivity index (χ4v) is 4.62. The summed E-state index contributed by atoms with van der Waals surface area (Å²) in [7, 11) is -3.87. The molecule has 0 saturated carbocycles. The van der Waals surface area contributed by atoms with Crippen molar-refractivity contribution in [2.45, 2.75) is 25.7 Å². The number of hydrogen-bond acceptors (Lipinski definition) is 6. The number of sulfonamides is 1. The summed E-state index contributed by atoms with van der Waals surface area (Å²) in [5.41, 5.74) is 2.43. The molecule has 2 N–H and O–H groups in total. The lowest BCUT2D eigenvalue weighted by Gasteiger charge is -2.36. The normalized spacial score (nSPS) is 14.2. The first-order valence-electron chi connectivity index (χ1n) is 10.3. The molecule has 1 aliphatic rings. The number of benzene rings is 2. The van der Waals surface area contributed by atoms with Crippen molar-refractivity contribution in [1.82, 2.24) is 4.90 Å². The number of carboxylic acid groups (broad SMARTS) is 1. The number of anilines is 2. The third-order valence-corrected chi connectivity index (χ3v) is 6.79. The summed E-state index contributed by atoms with van der Waals surface area (Å²) < 4.78 is 33.0. The van der Waals surface area contributed by atoms with Crippen LogP contribution in [0.1, 0.15) is 28.4 Å². The van der Waals surface area contributed by atoms with Crippen LogP contribution in [-0.4, -0.2) is 63.3 Å². The Morgan fingerprint density at radius 3 is 2.31 bits per heavy atom. The predicted octanol–water partition coefficient (Wildman–Crippen LogP) is 3.08. The summed E-state index contributed by atoms with van der Waals surface area (Å²) in [4.78, 5) is 27.3. The smallest absolute Gasteiger partial charge is 0.409 e. The number of piperazine rings is 1. The van der Waals surface area contributed by atoms with Gasteiger partial charge in [-0.2, -0.15) is 0 Å². The van der Waals surface area contributed by atoms with Gasteiger partial charge in [0.1, 0.15) is 0 Å². The van der Waals surface area contributed by atoms with Crippen LogP contribution in [0.25, 0.3) is 0 Å². The summed E-state index contributed by atoms with van der Waals surface area (Å²) >= 11 is 0. The minimum Gasteiger partial charge on any atom is -0.478 e. The molecule has 1 heterocycles. The minimum absolute atomic E-state index is 0.0186. The lowest BCUT2D eigenvalue weighted by atomic mass is 10.1. The monoisotopic (exact) mass is 461 g/mol. The van der Waals surface area contributed by atoms with E-state index < -0.39 is 16.0 Å². The fourth-order valence-electron chi connectivity index (χ4n) is 3.49. The molecule has 3 rings (SSSR count). The van der Waals surface area contributed by atoms with Gasteiger partial charge < -0.3 is 19.6 Å². The minimum atomic E-state index is -3.87. The molecule has 0 spiro atoms. The first-order chi connectivity index (χ1) is 15.1. The van der Waals surface area contributed by atoms with Gasteiger partial charge in [-0.05, 0) is 62.2 Å². The standard InChI is InChI=1S/C22H27N3O6S/c1-4-31-22(28)25-11-9-24(10-12-25)20-8-6-17(14-19(20)21(26)27)23-32(29,30)18-7-5-15(2)16(3)13-18/h5-8,13-14,23H,4,9-12H2,1-3H3,(H,26,27). The van der Waals surface area contributed by atoms with Crippen LogP contribution in [0.3, 0.4) is 0 Å². The average Bonchev–Trinajstić information content (AvgIpc) is 2.75. The average molecular weight is 462 g/mol. The third kappa shape index (κ3) is 5.13. The van der Waals surface area contributed by atoms with Crippen molar-refractivity contribution < 1.29 is 27.9 Å². The number of nitrogens with one attached hydrogen (secondary N) is 1. The molecule has 172 valence electrons. The molecule has 0 unspecified atom stereocenters. The van der Waals surface area contributed by atoms with Gasteiger partial charge in [0.05, 0.1) is 22.8 Å². The molecule has 1 fully saturated rings. The highest BCUT2D eigenvalue weighted by Gasteiger charge is 2.25. The van der Waals surface area contributed by atoms with Crippen LogP contribution < -0.4 is 9.62 Å². The fraction of sp³-hybridized carbons (Fsp3) is 0.364. The zero-order valence-corrected chi connectivity index (χ0v) is 19.1. The number of hydrogen-bond donors (Lipinski definition) is 2. The molecule has 0 bridgehead atoms. The summed E-state index contributed by atoms with van der Waals surface area (Å²) in [6.45, 7) is 7.43. The van der Waals surface area contributed by atoms with Gasteiger partial charge >= 0.3 is 12.1 Å². The summed E-state index contributed by atoms with van der Waals surface area (Å²) in [6.07, 6.45) is -0.387. The van der Waals surface area contributed by atoms with Crippen molar-refractivity contribution in [2.24, 2.45) is 0 Å². The first-order valence-corrected chi connectivity index (χ1v) is 11.7. The highest BCUT2D eigenvalue weighted by molar-refractivity contribution is 7.92. The number of amides is 1. The maximum atomic E-state index is 12.8. The van der Waals surface area contributed by atoms with Crippen LogP contribution in [0, 0.1) is 13.8 Å². The maximum Gasteiger partial charge on any atom is 0.409 e.